The van der Waals surface area contributed by atoms with E-state index in [1.165, 1.54) is 23.1 Å². The second-order valence-electron chi connectivity index (χ2n) is 2.17. The van der Waals surface area contributed by atoms with Crippen LogP contribution in [0, 0.1) is 0 Å². The molecule has 0 spiro atoms. The van der Waals surface area contributed by atoms with Gasteiger partial charge in [0.15, 0.2) is 5.82 Å². The summed E-state index contributed by atoms with van der Waals surface area (Å²) in [5.74, 6) is 0.498. The van der Waals surface area contributed by atoms with Crippen LogP contribution in [0.25, 0.3) is 5.52 Å². The Labute approximate surface area is 62.1 Å². The van der Waals surface area contributed by atoms with E-state index in [0.717, 1.165) is 0 Å². The third kappa shape index (κ3) is 0.778. The minimum Gasteiger partial charge on any atom is -0.506 e. The minimum absolute atomic E-state index is 0.136. The first kappa shape index (κ1) is 5.96. The number of hydrogen-bond donors (Lipinski definition) is 2. The van der Waals surface area contributed by atoms with E-state index < -0.39 is 0 Å². The highest BCUT2D eigenvalue weighted by Crippen LogP contribution is 2.16. The maximum absolute atomic E-state index is 9.04. The van der Waals surface area contributed by atoms with Crippen molar-refractivity contribution in [3.63, 3.8) is 0 Å². The molecular weight excluding hydrogens is 144 g/mol. The van der Waals surface area contributed by atoms with Crippen molar-refractivity contribution < 1.29 is 5.11 Å². The van der Waals surface area contributed by atoms with Crippen LogP contribution in [0.2, 0.25) is 0 Å². The number of nitrogens with two attached hydrogens (primary N) is 1. The fourth-order valence-electron chi connectivity index (χ4n) is 0.935. The van der Waals surface area contributed by atoms with Crippen molar-refractivity contribution >= 4 is 11.3 Å². The third-order valence-corrected chi connectivity index (χ3v) is 1.42. The monoisotopic (exact) mass is 150 g/mol. The number of nitrogens with zero attached hydrogens (tertiary/aromatic N) is 3. The Kier molecular flexibility index (Phi) is 1.00. The molecule has 56 valence electrons. The number of aromatic nitrogens is 3. The van der Waals surface area contributed by atoms with E-state index in [0.29, 0.717) is 11.3 Å². The topological polar surface area (TPSA) is 76.4 Å². The van der Waals surface area contributed by atoms with Crippen LogP contribution in [0.15, 0.2) is 18.6 Å². The number of hydrogen-bond acceptors (Lipinski definition) is 4. The van der Waals surface area contributed by atoms with E-state index in [1.807, 2.05) is 0 Å². The number of rotatable bonds is 0. The van der Waals surface area contributed by atoms with Gasteiger partial charge in [-0.25, -0.2) is 9.50 Å². The van der Waals surface area contributed by atoms with E-state index in [1.54, 1.807) is 0 Å². The van der Waals surface area contributed by atoms with Gasteiger partial charge in [0.05, 0.1) is 6.20 Å². The Morgan fingerprint density at radius 3 is 3.09 bits per heavy atom. The van der Waals surface area contributed by atoms with Crippen LogP contribution in [0.1, 0.15) is 0 Å². The number of nitrogen functional groups attached to an aromatic ring is 1. The van der Waals surface area contributed by atoms with Crippen LogP contribution in [0.4, 0.5) is 5.82 Å². The standard InChI is InChI=1S/C6H6N4O/c7-6-5-1-4(11)2-10(5)9-3-8-6/h1-3,11H,(H2,7,8,9). The molecule has 0 aromatic carbocycles. The summed E-state index contributed by atoms with van der Waals surface area (Å²) in [6.45, 7) is 0. The van der Waals surface area contributed by atoms with Gasteiger partial charge in [-0.15, -0.1) is 0 Å². The Bertz CT molecular complexity index is 394. The van der Waals surface area contributed by atoms with Gasteiger partial charge >= 0.3 is 0 Å². The highest BCUT2D eigenvalue weighted by molar-refractivity contribution is 5.66. The van der Waals surface area contributed by atoms with Crippen molar-refractivity contribution in [1.82, 2.24) is 14.6 Å². The number of fused-ring (bicyclic) bond motifs is 1. The molecule has 11 heavy (non-hydrogen) atoms. The Morgan fingerprint density at radius 1 is 1.55 bits per heavy atom. The lowest BCUT2D eigenvalue weighted by Gasteiger charge is -1.93. The molecule has 2 aromatic rings. The van der Waals surface area contributed by atoms with Crippen molar-refractivity contribution in [2.75, 3.05) is 5.73 Å². The molecule has 0 saturated heterocycles. The maximum atomic E-state index is 9.04. The van der Waals surface area contributed by atoms with Gasteiger partial charge in [-0.05, 0) is 0 Å². The van der Waals surface area contributed by atoms with Gasteiger partial charge in [-0.3, -0.25) is 0 Å². The lowest BCUT2D eigenvalue weighted by atomic mass is 10.5. The van der Waals surface area contributed by atoms with E-state index in [4.69, 9.17) is 10.8 Å². The van der Waals surface area contributed by atoms with Crippen LogP contribution < -0.4 is 5.73 Å². The molecule has 2 aromatic heterocycles. The molecule has 0 aliphatic heterocycles. The van der Waals surface area contributed by atoms with Crippen LogP contribution in [-0.2, 0) is 0 Å². The van der Waals surface area contributed by atoms with Crippen LogP contribution in [0.5, 0.6) is 5.75 Å². The Morgan fingerprint density at radius 2 is 2.36 bits per heavy atom. The SMILES string of the molecule is Nc1ncnn2cc(O)cc12. The smallest absolute Gasteiger partial charge is 0.151 e. The first-order valence-electron chi connectivity index (χ1n) is 3.05. The number of aromatic hydroxyl groups is 1. The summed E-state index contributed by atoms with van der Waals surface area (Å²) in [7, 11) is 0. The molecule has 2 heterocycles. The number of anilines is 1. The van der Waals surface area contributed by atoms with Crippen molar-refractivity contribution in [2.24, 2.45) is 0 Å². The third-order valence-electron chi connectivity index (χ3n) is 1.42. The molecule has 2 rings (SSSR count). The average molecular weight is 150 g/mol. The van der Waals surface area contributed by atoms with Crippen LogP contribution in [0.3, 0.4) is 0 Å². The quantitative estimate of drug-likeness (QED) is 0.555. The molecule has 5 nitrogen and oxygen atoms in total. The van der Waals surface area contributed by atoms with Gasteiger partial charge in [0.1, 0.15) is 17.6 Å². The summed E-state index contributed by atoms with van der Waals surface area (Å²) in [6, 6.07) is 1.51. The van der Waals surface area contributed by atoms with Crippen molar-refractivity contribution in [3.05, 3.63) is 18.6 Å². The molecule has 0 bridgehead atoms. The summed E-state index contributed by atoms with van der Waals surface area (Å²) in [5, 5.41) is 12.9. The maximum Gasteiger partial charge on any atom is 0.151 e. The molecule has 0 fully saturated rings. The summed E-state index contributed by atoms with van der Waals surface area (Å²) in [4.78, 5) is 3.76. The fourth-order valence-corrected chi connectivity index (χ4v) is 0.935. The molecular formula is C6H6N4O. The van der Waals surface area contributed by atoms with Gasteiger partial charge in [-0.2, -0.15) is 5.10 Å². The van der Waals surface area contributed by atoms with Crippen LogP contribution >= 0.6 is 0 Å². The van der Waals surface area contributed by atoms with Crippen molar-refractivity contribution in [3.8, 4) is 5.75 Å². The van der Waals surface area contributed by atoms with Gasteiger partial charge < -0.3 is 10.8 Å². The molecule has 0 unspecified atom stereocenters. The first-order valence-corrected chi connectivity index (χ1v) is 3.05. The minimum atomic E-state index is 0.136. The van der Waals surface area contributed by atoms with Crippen molar-refractivity contribution in [2.45, 2.75) is 0 Å². The van der Waals surface area contributed by atoms with Gasteiger partial charge in [0.2, 0.25) is 0 Å². The zero-order chi connectivity index (χ0) is 7.84. The second-order valence-corrected chi connectivity index (χ2v) is 2.17. The summed E-state index contributed by atoms with van der Waals surface area (Å²) < 4.78 is 1.47. The Hall–Kier alpha value is -1.78. The van der Waals surface area contributed by atoms with E-state index in [2.05, 4.69) is 10.1 Å². The van der Waals surface area contributed by atoms with E-state index in [-0.39, 0.29) is 5.75 Å². The van der Waals surface area contributed by atoms with Crippen LogP contribution in [-0.4, -0.2) is 19.7 Å². The zero-order valence-electron chi connectivity index (χ0n) is 5.60. The normalized spacial score (nSPS) is 10.5. The molecule has 0 atom stereocenters. The molecule has 0 amide bonds. The molecule has 5 heteroatoms. The zero-order valence-corrected chi connectivity index (χ0v) is 5.60. The molecule has 0 aliphatic rings. The highest BCUT2D eigenvalue weighted by Gasteiger charge is 2.01. The highest BCUT2D eigenvalue weighted by atomic mass is 16.3. The predicted octanol–water partition coefficient (Wildman–Crippen LogP) is 0.0171. The van der Waals surface area contributed by atoms with E-state index >= 15 is 0 Å². The fraction of sp³-hybridized carbons (Fsp3) is 0. The average Bonchev–Trinajstić information content (AvgIpc) is 2.31. The molecule has 0 aliphatic carbocycles. The molecule has 3 N–H and O–H groups in total. The first-order chi connectivity index (χ1) is 5.27. The summed E-state index contributed by atoms with van der Waals surface area (Å²) in [5.41, 5.74) is 6.10. The lowest BCUT2D eigenvalue weighted by Crippen LogP contribution is -1.96. The molecule has 0 radical (unpaired) electrons. The second kappa shape index (κ2) is 1.85. The summed E-state index contributed by atoms with van der Waals surface area (Å²) in [6.07, 6.45) is 2.80. The summed E-state index contributed by atoms with van der Waals surface area (Å²) >= 11 is 0. The lowest BCUT2D eigenvalue weighted by molar-refractivity contribution is 0.475. The van der Waals surface area contributed by atoms with Gasteiger partial charge in [0.25, 0.3) is 0 Å². The van der Waals surface area contributed by atoms with Gasteiger partial charge in [-0.1, -0.05) is 0 Å². The van der Waals surface area contributed by atoms with Gasteiger partial charge in [0, 0.05) is 6.07 Å². The Balaban J connectivity index is 2.90. The van der Waals surface area contributed by atoms with Crippen molar-refractivity contribution in [1.29, 1.82) is 0 Å². The largest absolute Gasteiger partial charge is 0.506 e. The van der Waals surface area contributed by atoms with E-state index in [9.17, 15) is 0 Å². The predicted molar refractivity (Wildman–Crippen MR) is 39.1 cm³/mol. The molecule has 0 saturated carbocycles.